The zero-order chi connectivity index (χ0) is 27.4. The third-order valence-electron chi connectivity index (χ3n) is 9.06. The highest BCUT2D eigenvalue weighted by atomic mass is 16.6. The molecule has 8 heteroatoms. The molecule has 2 saturated heterocycles. The largest absolute Gasteiger partial charge is 0.458 e. The molecule has 2 heterocycles. The van der Waals surface area contributed by atoms with Gasteiger partial charge in [0.2, 0.25) is 11.8 Å². The summed E-state index contributed by atoms with van der Waals surface area (Å²) in [4.78, 5) is 50.0. The number of amides is 2. The number of hydrogen-bond donors (Lipinski definition) is 2. The Morgan fingerprint density at radius 3 is 2.62 bits per heavy atom. The van der Waals surface area contributed by atoms with Gasteiger partial charge < -0.3 is 20.5 Å². The van der Waals surface area contributed by atoms with Crippen LogP contribution in [0.4, 0.5) is 0 Å². The van der Waals surface area contributed by atoms with Gasteiger partial charge in [0.25, 0.3) is 0 Å². The third kappa shape index (κ3) is 5.14. The van der Waals surface area contributed by atoms with E-state index >= 15 is 0 Å². The van der Waals surface area contributed by atoms with Crippen LogP contribution in [0.3, 0.4) is 0 Å². The molecule has 3 N–H and O–H groups in total. The number of nitrogens with one attached hydrogen (secondary N) is 1. The molecule has 4 bridgehead atoms. The molecule has 2 aliphatic heterocycles. The van der Waals surface area contributed by atoms with Crippen LogP contribution in [0.25, 0.3) is 0 Å². The zero-order valence-corrected chi connectivity index (χ0v) is 23.0. The molecule has 0 aromatic carbocycles. The van der Waals surface area contributed by atoms with E-state index in [4.69, 9.17) is 15.2 Å². The summed E-state index contributed by atoms with van der Waals surface area (Å²) in [6.45, 7) is 11.2. The number of carbonyl (C=O) groups excluding carboxylic acids is 4. The van der Waals surface area contributed by atoms with Crippen LogP contribution in [-0.2, 0) is 28.7 Å². The molecule has 0 aromatic rings. The summed E-state index contributed by atoms with van der Waals surface area (Å²) >= 11 is 0. The molecule has 204 valence electrons. The normalized spacial score (nSPS) is 36.9. The van der Waals surface area contributed by atoms with Crippen molar-refractivity contribution in [1.29, 1.82) is 0 Å². The van der Waals surface area contributed by atoms with Crippen molar-refractivity contribution in [1.82, 2.24) is 5.32 Å². The van der Waals surface area contributed by atoms with Gasteiger partial charge in [-0.1, -0.05) is 19.1 Å². The lowest BCUT2D eigenvalue weighted by molar-refractivity contribution is -0.168. The third-order valence-corrected chi connectivity index (χ3v) is 9.06. The molecular formula is C29H42N2O6. The first kappa shape index (κ1) is 27.6. The number of ether oxygens (including phenoxy) is 2. The minimum absolute atomic E-state index is 0.0282. The molecule has 1 spiro atoms. The van der Waals surface area contributed by atoms with Gasteiger partial charge in [-0.2, -0.15) is 0 Å². The summed E-state index contributed by atoms with van der Waals surface area (Å²) in [5.41, 5.74) is 4.37. The van der Waals surface area contributed by atoms with Crippen molar-refractivity contribution < 1.29 is 28.7 Å². The van der Waals surface area contributed by atoms with E-state index in [-0.39, 0.29) is 41.7 Å². The Kier molecular flexibility index (Phi) is 6.97. The van der Waals surface area contributed by atoms with Crippen molar-refractivity contribution in [2.75, 3.05) is 0 Å². The van der Waals surface area contributed by atoms with Crippen molar-refractivity contribution in [2.24, 2.45) is 28.4 Å². The van der Waals surface area contributed by atoms with E-state index < -0.39 is 34.8 Å². The van der Waals surface area contributed by atoms with Gasteiger partial charge in [0, 0.05) is 23.3 Å². The zero-order valence-electron chi connectivity index (χ0n) is 23.0. The quantitative estimate of drug-likeness (QED) is 0.358. The number of primary amides is 1. The molecule has 3 aliphatic carbocycles. The average molecular weight is 515 g/mol. The van der Waals surface area contributed by atoms with Crippen LogP contribution >= 0.6 is 0 Å². The van der Waals surface area contributed by atoms with Gasteiger partial charge in [0.15, 0.2) is 5.78 Å². The Morgan fingerprint density at radius 2 is 2.00 bits per heavy atom. The van der Waals surface area contributed by atoms with Crippen LogP contribution in [-0.4, -0.2) is 46.9 Å². The second-order valence-corrected chi connectivity index (χ2v) is 13.1. The van der Waals surface area contributed by atoms with Crippen molar-refractivity contribution in [3.05, 3.63) is 23.8 Å². The van der Waals surface area contributed by atoms with E-state index in [1.165, 1.54) is 0 Å². The maximum atomic E-state index is 13.2. The van der Waals surface area contributed by atoms with Gasteiger partial charge in [-0.3, -0.25) is 14.4 Å². The molecule has 2 amide bonds. The average Bonchev–Trinajstić information content (AvgIpc) is 3.13. The number of ketones is 1. The molecule has 7 atom stereocenters. The standard InChI is InChI=1S/C29H42N2O6/c1-17(24(34)31-19(9-10-22(30)33)25(35)37-26(2,3)4)8-7-12-27(5)21(32)11-13-29-15-18-14-20(23(27)29)36-28(18,6)16-29/h8,11,13,18-20,23H,7,9-10,12,14-16H2,1-6H3,(H2,30,33)(H,31,34)/b17-8+/t18-,19+,20+,23+,27-,28+,29+/m1/s1. The fourth-order valence-corrected chi connectivity index (χ4v) is 7.50. The Balaban J connectivity index is 1.42. The van der Waals surface area contributed by atoms with Crippen molar-refractivity contribution in [3.63, 3.8) is 0 Å². The summed E-state index contributed by atoms with van der Waals surface area (Å²) in [7, 11) is 0. The van der Waals surface area contributed by atoms with Gasteiger partial charge >= 0.3 is 5.97 Å². The van der Waals surface area contributed by atoms with Gasteiger partial charge in [0.05, 0.1) is 11.7 Å². The van der Waals surface area contributed by atoms with E-state index in [0.717, 1.165) is 19.3 Å². The highest BCUT2D eigenvalue weighted by Crippen LogP contribution is 2.71. The molecule has 8 nitrogen and oxygen atoms in total. The summed E-state index contributed by atoms with van der Waals surface area (Å²) in [6.07, 6.45) is 10.1. The van der Waals surface area contributed by atoms with Crippen LogP contribution in [0.2, 0.25) is 0 Å². The molecule has 0 aromatic heterocycles. The second-order valence-electron chi connectivity index (χ2n) is 13.1. The number of rotatable bonds is 9. The van der Waals surface area contributed by atoms with Crippen LogP contribution < -0.4 is 11.1 Å². The number of carbonyl (C=O) groups is 4. The predicted molar refractivity (Wildman–Crippen MR) is 138 cm³/mol. The Bertz CT molecular complexity index is 1060. The SMILES string of the molecule is C/C(=C\CC[C@]1(C)C(=O)C=C[C@]23C[C@H]4C[C@H](O[C@@]4(C)C2)[C@H]31)C(=O)N[C@@H](CCC(N)=O)C(=O)OC(C)(C)C. The highest BCUT2D eigenvalue weighted by Gasteiger charge is 2.71. The molecule has 5 rings (SSSR count). The fraction of sp³-hybridized carbons (Fsp3) is 0.724. The Hall–Kier alpha value is -2.48. The molecule has 5 aliphatic rings. The van der Waals surface area contributed by atoms with E-state index in [2.05, 4.69) is 25.2 Å². The molecule has 37 heavy (non-hydrogen) atoms. The lowest BCUT2D eigenvalue weighted by Crippen LogP contribution is -2.56. The summed E-state index contributed by atoms with van der Waals surface area (Å²) < 4.78 is 11.9. The number of hydrogen-bond acceptors (Lipinski definition) is 6. The monoisotopic (exact) mass is 514 g/mol. The van der Waals surface area contributed by atoms with Gasteiger partial charge in [-0.15, -0.1) is 0 Å². The number of esters is 1. The molecule has 0 unspecified atom stereocenters. The van der Waals surface area contributed by atoms with Gasteiger partial charge in [-0.05, 0) is 90.6 Å². The Morgan fingerprint density at radius 1 is 1.30 bits per heavy atom. The lowest BCUT2D eigenvalue weighted by Gasteiger charge is -2.55. The van der Waals surface area contributed by atoms with Crippen LogP contribution in [0.5, 0.6) is 0 Å². The van der Waals surface area contributed by atoms with Crippen molar-refractivity contribution >= 4 is 23.6 Å². The number of allylic oxidation sites excluding steroid dienone is 3. The van der Waals surface area contributed by atoms with E-state index in [1.807, 2.05) is 6.08 Å². The van der Waals surface area contributed by atoms with E-state index in [0.29, 0.717) is 24.3 Å². The highest BCUT2D eigenvalue weighted by molar-refractivity contribution is 5.97. The summed E-state index contributed by atoms with van der Waals surface area (Å²) in [5, 5.41) is 2.70. The smallest absolute Gasteiger partial charge is 0.329 e. The summed E-state index contributed by atoms with van der Waals surface area (Å²) in [5.74, 6) is -0.721. The Labute approximate surface area is 219 Å². The predicted octanol–water partition coefficient (Wildman–Crippen LogP) is 3.52. The first-order valence-electron chi connectivity index (χ1n) is 13.5. The van der Waals surface area contributed by atoms with Crippen LogP contribution in [0, 0.1) is 22.7 Å². The van der Waals surface area contributed by atoms with Crippen molar-refractivity contribution in [2.45, 2.75) is 110 Å². The first-order chi connectivity index (χ1) is 17.1. The fourth-order valence-electron chi connectivity index (χ4n) is 7.50. The molecule has 2 saturated carbocycles. The second kappa shape index (κ2) is 9.37. The molecular weight excluding hydrogens is 472 g/mol. The molecule has 4 fully saturated rings. The topological polar surface area (TPSA) is 125 Å². The minimum Gasteiger partial charge on any atom is -0.458 e. The first-order valence-corrected chi connectivity index (χ1v) is 13.5. The van der Waals surface area contributed by atoms with Crippen LogP contribution in [0.15, 0.2) is 23.8 Å². The van der Waals surface area contributed by atoms with Gasteiger partial charge in [-0.25, -0.2) is 4.79 Å². The summed E-state index contributed by atoms with van der Waals surface area (Å²) in [6, 6.07) is -0.979. The number of nitrogens with two attached hydrogens (primary N) is 1. The molecule has 0 radical (unpaired) electrons. The van der Waals surface area contributed by atoms with E-state index in [1.54, 1.807) is 33.8 Å². The van der Waals surface area contributed by atoms with Gasteiger partial charge in [0.1, 0.15) is 11.6 Å². The minimum atomic E-state index is -0.979. The van der Waals surface area contributed by atoms with E-state index in [9.17, 15) is 19.2 Å². The lowest BCUT2D eigenvalue weighted by atomic mass is 9.51. The van der Waals surface area contributed by atoms with Crippen molar-refractivity contribution in [3.8, 4) is 0 Å². The van der Waals surface area contributed by atoms with Crippen LogP contribution in [0.1, 0.15) is 86.5 Å². The maximum Gasteiger partial charge on any atom is 0.329 e. The maximum absolute atomic E-state index is 13.2.